The van der Waals surface area contributed by atoms with E-state index in [4.69, 9.17) is 16.3 Å². The van der Waals surface area contributed by atoms with Crippen LogP contribution in [0.4, 0.5) is 0 Å². The zero-order valence-corrected chi connectivity index (χ0v) is 16.9. The molecule has 1 amide bonds. The summed E-state index contributed by atoms with van der Waals surface area (Å²) < 4.78 is 5.65. The highest BCUT2D eigenvalue weighted by molar-refractivity contribution is 8.00. The predicted octanol–water partition coefficient (Wildman–Crippen LogP) is 5.36. The Kier molecular flexibility index (Phi) is 8.86. The van der Waals surface area contributed by atoms with Crippen molar-refractivity contribution >= 4 is 29.3 Å². The topological polar surface area (TPSA) is 38.3 Å². The number of ether oxygens (including phenoxy) is 1. The Hall–Kier alpha value is -1.65. The molecule has 0 unspecified atom stereocenters. The third-order valence-corrected chi connectivity index (χ3v) is 5.58. The highest BCUT2D eigenvalue weighted by Crippen LogP contribution is 2.26. The monoisotopic (exact) mass is 391 g/mol. The van der Waals surface area contributed by atoms with E-state index in [1.807, 2.05) is 56.3 Å². The van der Waals surface area contributed by atoms with E-state index in [-0.39, 0.29) is 11.2 Å². The fourth-order valence-electron chi connectivity index (χ4n) is 2.61. The Labute approximate surface area is 165 Å². The molecule has 5 heteroatoms. The lowest BCUT2D eigenvalue weighted by molar-refractivity contribution is -0.120. The summed E-state index contributed by atoms with van der Waals surface area (Å²) in [7, 11) is 0. The van der Waals surface area contributed by atoms with Crippen LogP contribution >= 0.6 is 23.4 Å². The highest BCUT2D eigenvalue weighted by Gasteiger charge is 2.17. The van der Waals surface area contributed by atoms with Gasteiger partial charge in [0.15, 0.2) is 0 Å². The van der Waals surface area contributed by atoms with Crippen molar-refractivity contribution < 1.29 is 9.53 Å². The fraction of sp³-hybridized carbons (Fsp3) is 0.381. The Morgan fingerprint density at radius 2 is 1.88 bits per heavy atom. The highest BCUT2D eigenvalue weighted by atomic mass is 35.5. The summed E-state index contributed by atoms with van der Waals surface area (Å²) in [5.41, 5.74) is 1.19. The number of amides is 1. The molecule has 1 N–H and O–H groups in total. The molecular weight excluding hydrogens is 366 g/mol. The van der Waals surface area contributed by atoms with Gasteiger partial charge in [0.25, 0.3) is 0 Å². The molecule has 0 spiro atoms. The van der Waals surface area contributed by atoms with Crippen molar-refractivity contribution in [1.82, 2.24) is 5.32 Å². The second-order valence-electron chi connectivity index (χ2n) is 5.90. The zero-order chi connectivity index (χ0) is 18.8. The first-order chi connectivity index (χ1) is 12.6. The zero-order valence-electron chi connectivity index (χ0n) is 15.3. The van der Waals surface area contributed by atoms with E-state index in [0.717, 1.165) is 29.9 Å². The van der Waals surface area contributed by atoms with Gasteiger partial charge in [-0.05, 0) is 62.1 Å². The molecule has 3 nitrogen and oxygen atoms in total. The van der Waals surface area contributed by atoms with Crippen molar-refractivity contribution in [2.24, 2.45) is 0 Å². The molecule has 0 heterocycles. The molecule has 0 saturated heterocycles. The second-order valence-corrected chi connectivity index (χ2v) is 7.62. The first-order valence-electron chi connectivity index (χ1n) is 9.04. The largest absolute Gasteiger partial charge is 0.494 e. The van der Waals surface area contributed by atoms with Gasteiger partial charge < -0.3 is 10.1 Å². The van der Waals surface area contributed by atoms with Gasteiger partial charge in [0.1, 0.15) is 5.75 Å². The number of thioether (sulfide) groups is 1. The molecule has 0 aromatic heterocycles. The van der Waals surface area contributed by atoms with Gasteiger partial charge in [-0.3, -0.25) is 4.79 Å². The van der Waals surface area contributed by atoms with Crippen LogP contribution < -0.4 is 10.1 Å². The molecule has 0 aliphatic carbocycles. The van der Waals surface area contributed by atoms with Crippen LogP contribution in [0.3, 0.4) is 0 Å². The molecule has 0 aliphatic heterocycles. The third kappa shape index (κ3) is 6.58. The van der Waals surface area contributed by atoms with Gasteiger partial charge in [0.05, 0.1) is 11.9 Å². The minimum absolute atomic E-state index is 0.0885. The first-order valence-corrected chi connectivity index (χ1v) is 10.3. The number of para-hydroxylation sites is 1. The van der Waals surface area contributed by atoms with Crippen molar-refractivity contribution in [3.8, 4) is 5.75 Å². The Balaban J connectivity index is 1.79. The maximum atomic E-state index is 12.4. The van der Waals surface area contributed by atoms with Crippen molar-refractivity contribution in [3.63, 3.8) is 0 Å². The number of aryl methyl sites for hydroxylation is 1. The molecule has 2 aromatic rings. The summed E-state index contributed by atoms with van der Waals surface area (Å²) in [6, 6.07) is 15.7. The van der Waals surface area contributed by atoms with E-state index < -0.39 is 0 Å². The Morgan fingerprint density at radius 3 is 2.58 bits per heavy atom. The SMILES string of the molecule is CCOc1ccccc1CCCNC(=O)[C@@H](CC)Sc1ccc(Cl)cc1. The van der Waals surface area contributed by atoms with Crippen LogP contribution in [-0.2, 0) is 11.2 Å². The summed E-state index contributed by atoms with van der Waals surface area (Å²) in [6.07, 6.45) is 2.56. The van der Waals surface area contributed by atoms with Crippen molar-refractivity contribution in [2.75, 3.05) is 13.2 Å². The number of hydrogen-bond donors (Lipinski definition) is 1. The average molecular weight is 392 g/mol. The van der Waals surface area contributed by atoms with Gasteiger partial charge in [-0.1, -0.05) is 36.7 Å². The van der Waals surface area contributed by atoms with Crippen LogP contribution in [0.25, 0.3) is 0 Å². The normalized spacial score (nSPS) is 11.8. The lowest BCUT2D eigenvalue weighted by Gasteiger charge is -2.15. The van der Waals surface area contributed by atoms with Gasteiger partial charge in [-0.2, -0.15) is 0 Å². The number of rotatable bonds is 10. The predicted molar refractivity (Wildman–Crippen MR) is 110 cm³/mol. The quantitative estimate of drug-likeness (QED) is 0.437. The Morgan fingerprint density at radius 1 is 1.15 bits per heavy atom. The Bertz CT molecular complexity index is 691. The van der Waals surface area contributed by atoms with Crippen LogP contribution in [0, 0.1) is 0 Å². The van der Waals surface area contributed by atoms with E-state index in [2.05, 4.69) is 11.4 Å². The number of halogens is 1. The van der Waals surface area contributed by atoms with Gasteiger partial charge in [0, 0.05) is 16.5 Å². The standard InChI is InChI=1S/C21H26ClNO2S/c1-3-20(26-18-13-11-17(22)12-14-18)21(24)23-15-7-9-16-8-5-6-10-19(16)25-4-2/h5-6,8,10-14,20H,3-4,7,9,15H2,1-2H3,(H,23,24)/t20-/m1/s1. The van der Waals surface area contributed by atoms with E-state index in [1.54, 1.807) is 11.8 Å². The van der Waals surface area contributed by atoms with Crippen LogP contribution in [0.5, 0.6) is 5.75 Å². The van der Waals surface area contributed by atoms with E-state index >= 15 is 0 Å². The molecule has 0 bridgehead atoms. The molecule has 2 aromatic carbocycles. The summed E-state index contributed by atoms with van der Waals surface area (Å²) in [4.78, 5) is 13.5. The summed E-state index contributed by atoms with van der Waals surface area (Å²) >= 11 is 7.49. The lowest BCUT2D eigenvalue weighted by Crippen LogP contribution is -2.33. The summed E-state index contributed by atoms with van der Waals surface area (Å²) in [5, 5.41) is 3.68. The van der Waals surface area contributed by atoms with Crippen LogP contribution in [0.2, 0.25) is 5.02 Å². The van der Waals surface area contributed by atoms with Crippen LogP contribution in [0.1, 0.15) is 32.3 Å². The molecule has 26 heavy (non-hydrogen) atoms. The van der Waals surface area contributed by atoms with Crippen LogP contribution in [0.15, 0.2) is 53.4 Å². The molecule has 140 valence electrons. The number of benzene rings is 2. The lowest BCUT2D eigenvalue weighted by atomic mass is 10.1. The maximum Gasteiger partial charge on any atom is 0.233 e. The number of nitrogens with one attached hydrogen (secondary N) is 1. The first kappa shape index (κ1) is 20.7. The van der Waals surface area contributed by atoms with Crippen molar-refractivity contribution in [3.05, 3.63) is 59.1 Å². The minimum Gasteiger partial charge on any atom is -0.494 e. The number of hydrogen-bond acceptors (Lipinski definition) is 3. The van der Waals surface area contributed by atoms with Crippen molar-refractivity contribution in [2.45, 2.75) is 43.3 Å². The fourth-order valence-corrected chi connectivity index (χ4v) is 3.72. The third-order valence-electron chi connectivity index (χ3n) is 3.95. The smallest absolute Gasteiger partial charge is 0.233 e. The summed E-state index contributed by atoms with van der Waals surface area (Å²) in [6.45, 7) is 5.34. The summed E-state index contributed by atoms with van der Waals surface area (Å²) in [5.74, 6) is 1.02. The molecule has 2 rings (SSSR count). The average Bonchev–Trinajstić information content (AvgIpc) is 2.66. The van der Waals surface area contributed by atoms with Gasteiger partial charge in [0.2, 0.25) is 5.91 Å². The van der Waals surface area contributed by atoms with Gasteiger partial charge >= 0.3 is 0 Å². The van der Waals surface area contributed by atoms with Gasteiger partial charge in [-0.15, -0.1) is 11.8 Å². The van der Waals surface area contributed by atoms with E-state index in [1.165, 1.54) is 5.56 Å². The molecule has 0 fully saturated rings. The van der Waals surface area contributed by atoms with Gasteiger partial charge in [-0.25, -0.2) is 0 Å². The molecule has 0 saturated carbocycles. The van der Waals surface area contributed by atoms with Crippen molar-refractivity contribution in [1.29, 1.82) is 0 Å². The van der Waals surface area contributed by atoms with E-state index in [0.29, 0.717) is 18.2 Å². The van der Waals surface area contributed by atoms with E-state index in [9.17, 15) is 4.79 Å². The minimum atomic E-state index is -0.0908. The molecule has 1 atom stereocenters. The molecule has 0 radical (unpaired) electrons. The number of carbonyl (C=O) groups excluding carboxylic acids is 1. The second kappa shape index (κ2) is 11.1. The van der Waals surface area contributed by atoms with Crippen LogP contribution in [-0.4, -0.2) is 24.3 Å². The maximum absolute atomic E-state index is 12.4. The number of carbonyl (C=O) groups is 1. The molecule has 0 aliphatic rings. The molecular formula is C21H26ClNO2S.